The van der Waals surface area contributed by atoms with Crippen LogP contribution in [0.1, 0.15) is 27.3 Å². The topological polar surface area (TPSA) is 115 Å². The van der Waals surface area contributed by atoms with Crippen molar-refractivity contribution < 1.29 is 9.90 Å². The molecule has 0 amide bonds. The molecule has 1 aliphatic carbocycles. The second kappa shape index (κ2) is 4.61. The van der Waals surface area contributed by atoms with Crippen molar-refractivity contribution in [3.05, 3.63) is 40.0 Å². The van der Waals surface area contributed by atoms with Gasteiger partial charge in [-0.3, -0.25) is 4.79 Å². The molecule has 0 saturated carbocycles. The van der Waals surface area contributed by atoms with Gasteiger partial charge in [0.15, 0.2) is 5.13 Å². The van der Waals surface area contributed by atoms with E-state index in [4.69, 9.17) is 11.5 Å². The zero-order valence-corrected chi connectivity index (χ0v) is 11.3. The van der Waals surface area contributed by atoms with Crippen molar-refractivity contribution in [3.63, 3.8) is 0 Å². The molecule has 102 valence electrons. The van der Waals surface area contributed by atoms with Crippen LogP contribution in [0.3, 0.4) is 0 Å². The Morgan fingerprint density at radius 2 is 2.10 bits per heavy atom. The minimum Gasteiger partial charge on any atom is -0.507 e. The summed E-state index contributed by atoms with van der Waals surface area (Å²) in [6.07, 6.45) is 2.48. The number of carbonyl (C=O) groups is 1. The molecule has 0 unspecified atom stereocenters. The summed E-state index contributed by atoms with van der Waals surface area (Å²) >= 11 is 1.15. The molecule has 5 N–H and O–H groups in total. The first-order valence-corrected chi connectivity index (χ1v) is 6.82. The Morgan fingerprint density at radius 1 is 1.30 bits per heavy atom. The largest absolute Gasteiger partial charge is 0.507 e. The first-order chi connectivity index (χ1) is 9.56. The molecule has 2 heterocycles. The number of thiazole rings is 1. The predicted octanol–water partition coefficient (Wildman–Crippen LogP) is 1.80. The predicted molar refractivity (Wildman–Crippen MR) is 77.4 cm³/mol. The molecular weight excluding hydrogens is 276 g/mol. The monoisotopic (exact) mass is 288 g/mol. The zero-order valence-electron chi connectivity index (χ0n) is 10.5. The van der Waals surface area contributed by atoms with Gasteiger partial charge in [-0.05, 0) is 25.0 Å². The number of nitrogens with zero attached hydrogens (tertiary/aromatic N) is 2. The molecule has 0 atom stereocenters. The molecule has 7 heteroatoms. The number of fused-ring (bicyclic) bond motifs is 1. The van der Waals surface area contributed by atoms with Gasteiger partial charge in [0.25, 0.3) is 0 Å². The van der Waals surface area contributed by atoms with Crippen LogP contribution in [-0.4, -0.2) is 20.9 Å². The van der Waals surface area contributed by atoms with E-state index in [-0.39, 0.29) is 11.5 Å². The Balaban J connectivity index is 2.04. The van der Waals surface area contributed by atoms with Crippen molar-refractivity contribution in [2.24, 2.45) is 0 Å². The highest BCUT2D eigenvalue weighted by molar-refractivity contribution is 7.17. The third kappa shape index (κ3) is 2.01. The molecular formula is C13H12N4O2S. The average Bonchev–Trinajstić information content (AvgIpc) is 2.81. The van der Waals surface area contributed by atoms with E-state index in [0.29, 0.717) is 45.5 Å². The lowest BCUT2D eigenvalue weighted by atomic mass is 9.93. The van der Waals surface area contributed by atoms with Crippen LogP contribution in [0.5, 0.6) is 0 Å². The number of hydrogen-bond acceptors (Lipinski definition) is 7. The number of anilines is 2. The SMILES string of the molecule is Nc1ccc(C(O)=C2CCc3nc(N)sc3C2=O)cn1. The summed E-state index contributed by atoms with van der Waals surface area (Å²) in [4.78, 5) is 20.9. The number of aryl methyl sites for hydroxylation is 1. The van der Waals surface area contributed by atoms with E-state index in [1.54, 1.807) is 12.1 Å². The number of allylic oxidation sites excluding steroid dienone is 1. The maximum Gasteiger partial charge on any atom is 0.204 e. The Bertz CT molecular complexity index is 718. The molecule has 0 saturated heterocycles. The lowest BCUT2D eigenvalue weighted by Crippen LogP contribution is -2.14. The van der Waals surface area contributed by atoms with Gasteiger partial charge in [-0.2, -0.15) is 0 Å². The summed E-state index contributed by atoms with van der Waals surface area (Å²) in [5.74, 6) is 0.0916. The molecule has 0 radical (unpaired) electrons. The van der Waals surface area contributed by atoms with E-state index >= 15 is 0 Å². The van der Waals surface area contributed by atoms with Gasteiger partial charge in [0.2, 0.25) is 5.78 Å². The van der Waals surface area contributed by atoms with E-state index in [9.17, 15) is 9.90 Å². The lowest BCUT2D eigenvalue weighted by molar-refractivity contribution is 0.102. The lowest BCUT2D eigenvalue weighted by Gasteiger charge is -2.14. The van der Waals surface area contributed by atoms with Gasteiger partial charge in [0.1, 0.15) is 11.6 Å². The molecule has 2 aromatic rings. The average molecular weight is 288 g/mol. The van der Waals surface area contributed by atoms with Crippen LogP contribution in [0, 0.1) is 0 Å². The summed E-state index contributed by atoms with van der Waals surface area (Å²) in [7, 11) is 0. The van der Waals surface area contributed by atoms with Gasteiger partial charge in [-0.15, -0.1) is 0 Å². The molecule has 0 aromatic carbocycles. The number of carbonyl (C=O) groups excluding carboxylic acids is 1. The Morgan fingerprint density at radius 3 is 2.80 bits per heavy atom. The Kier molecular flexibility index (Phi) is 2.90. The number of nitrogens with two attached hydrogens (primary N) is 2. The summed E-state index contributed by atoms with van der Waals surface area (Å²) in [6.45, 7) is 0. The molecule has 6 nitrogen and oxygen atoms in total. The van der Waals surface area contributed by atoms with E-state index in [1.807, 2.05) is 0 Å². The number of aromatic nitrogens is 2. The Hall–Kier alpha value is -2.41. The summed E-state index contributed by atoms with van der Waals surface area (Å²) < 4.78 is 0. The summed E-state index contributed by atoms with van der Waals surface area (Å²) in [6, 6.07) is 3.21. The molecule has 0 spiro atoms. The van der Waals surface area contributed by atoms with Crippen LogP contribution in [-0.2, 0) is 6.42 Å². The number of rotatable bonds is 1. The fourth-order valence-electron chi connectivity index (χ4n) is 2.16. The standard InChI is InChI=1S/C13H12N4O2S/c14-9-4-1-6(5-16-9)10(18)7-2-3-8-12(11(7)19)20-13(15)17-8/h1,4-5,18H,2-3H2,(H2,14,16)(H2,15,17). The number of pyridine rings is 1. The molecule has 3 rings (SSSR count). The highest BCUT2D eigenvalue weighted by Gasteiger charge is 2.28. The van der Waals surface area contributed by atoms with Crippen LogP contribution in [0.15, 0.2) is 23.9 Å². The summed E-state index contributed by atoms with van der Waals surface area (Å²) in [5.41, 5.74) is 12.7. The third-order valence-corrected chi connectivity index (χ3v) is 4.08. The van der Waals surface area contributed by atoms with Crippen LogP contribution in [0.4, 0.5) is 10.9 Å². The highest BCUT2D eigenvalue weighted by Crippen LogP contribution is 2.33. The van der Waals surface area contributed by atoms with Crippen molar-refractivity contribution in [2.45, 2.75) is 12.8 Å². The van der Waals surface area contributed by atoms with Crippen LogP contribution < -0.4 is 11.5 Å². The number of hydrogen-bond donors (Lipinski definition) is 3. The van der Waals surface area contributed by atoms with Crippen molar-refractivity contribution in [3.8, 4) is 0 Å². The van der Waals surface area contributed by atoms with Gasteiger partial charge < -0.3 is 16.6 Å². The minimum absolute atomic E-state index is 0.0554. The smallest absolute Gasteiger partial charge is 0.204 e. The van der Waals surface area contributed by atoms with Crippen molar-refractivity contribution in [1.29, 1.82) is 0 Å². The van der Waals surface area contributed by atoms with Gasteiger partial charge in [0.05, 0.1) is 10.6 Å². The molecule has 1 aliphatic rings. The quantitative estimate of drug-likeness (QED) is 0.544. The maximum atomic E-state index is 12.4. The highest BCUT2D eigenvalue weighted by atomic mass is 32.1. The second-order valence-corrected chi connectivity index (χ2v) is 5.49. The molecule has 20 heavy (non-hydrogen) atoms. The fraction of sp³-hybridized carbons (Fsp3) is 0.154. The molecule has 0 bridgehead atoms. The van der Waals surface area contributed by atoms with E-state index < -0.39 is 0 Å². The van der Waals surface area contributed by atoms with Crippen molar-refractivity contribution in [2.75, 3.05) is 11.5 Å². The van der Waals surface area contributed by atoms with E-state index in [2.05, 4.69) is 9.97 Å². The number of Topliss-reactive ketones (excluding diaryl/α,β-unsaturated/α-hetero) is 1. The number of ketones is 1. The van der Waals surface area contributed by atoms with Gasteiger partial charge in [0, 0.05) is 17.3 Å². The van der Waals surface area contributed by atoms with Gasteiger partial charge in [-0.25, -0.2) is 9.97 Å². The van der Waals surface area contributed by atoms with E-state index in [1.165, 1.54) is 6.20 Å². The maximum absolute atomic E-state index is 12.4. The van der Waals surface area contributed by atoms with Gasteiger partial charge >= 0.3 is 0 Å². The molecule has 2 aromatic heterocycles. The first-order valence-electron chi connectivity index (χ1n) is 6.00. The second-order valence-electron chi connectivity index (χ2n) is 4.46. The van der Waals surface area contributed by atoms with Crippen LogP contribution in [0.2, 0.25) is 0 Å². The van der Waals surface area contributed by atoms with Gasteiger partial charge in [-0.1, -0.05) is 11.3 Å². The zero-order chi connectivity index (χ0) is 14.3. The summed E-state index contributed by atoms with van der Waals surface area (Å²) in [5, 5.41) is 10.6. The van der Waals surface area contributed by atoms with Crippen LogP contribution in [0.25, 0.3) is 5.76 Å². The first kappa shape index (κ1) is 12.6. The number of nitrogen functional groups attached to an aromatic ring is 2. The normalized spacial score (nSPS) is 16.9. The fourth-order valence-corrected chi connectivity index (χ4v) is 3.00. The minimum atomic E-state index is -0.213. The van der Waals surface area contributed by atoms with Crippen LogP contribution >= 0.6 is 11.3 Å². The number of aliphatic hydroxyl groups excluding tert-OH is 1. The molecule has 0 aliphatic heterocycles. The van der Waals surface area contributed by atoms with E-state index in [0.717, 1.165) is 11.3 Å². The van der Waals surface area contributed by atoms with Crippen molar-refractivity contribution in [1.82, 2.24) is 9.97 Å². The van der Waals surface area contributed by atoms with Crippen molar-refractivity contribution >= 4 is 33.8 Å². The number of aliphatic hydroxyl groups is 1. The molecule has 0 fully saturated rings. The Labute approximate surface area is 118 Å². The third-order valence-electron chi connectivity index (χ3n) is 3.15.